The largest absolute Gasteiger partial charge is 0.387 e. The maximum atomic E-state index is 11.7. The predicted molar refractivity (Wildman–Crippen MR) is 90.8 cm³/mol. The Labute approximate surface area is 157 Å². The van der Waals surface area contributed by atoms with Crippen molar-refractivity contribution in [2.45, 2.75) is 25.8 Å². The molecule has 0 rings (SSSR count). The number of nitrogens with one attached hydrogen (secondary N) is 2. The molecule has 1 unspecified atom stereocenters. The van der Waals surface area contributed by atoms with Crippen LogP contribution >= 0.6 is 69.6 Å². The highest BCUT2D eigenvalue weighted by atomic mass is 35.6. The fourth-order valence-electron chi connectivity index (χ4n) is 1.30. The zero-order valence-corrected chi connectivity index (χ0v) is 15.4. The van der Waals surface area contributed by atoms with Gasteiger partial charge in [0.15, 0.2) is 0 Å². The Hall–Kier alpha value is 0.120. The first-order chi connectivity index (χ1) is 9.84. The summed E-state index contributed by atoms with van der Waals surface area (Å²) in [5, 5.41) is 14.4. The van der Waals surface area contributed by atoms with Gasteiger partial charge in [-0.15, -0.1) is 13.2 Å². The molecule has 11 heteroatoms. The van der Waals surface area contributed by atoms with Crippen LogP contribution in [0.5, 0.6) is 0 Å². The number of aliphatic hydroxyl groups excluding tert-OH is 1. The normalized spacial score (nSPS) is 16.1. The van der Waals surface area contributed by atoms with Gasteiger partial charge in [0, 0.05) is 0 Å². The second kappa shape index (κ2) is 8.83. The Balaban J connectivity index is 5.30. The summed E-state index contributed by atoms with van der Waals surface area (Å²) < 4.78 is -4.52. The molecule has 5 nitrogen and oxygen atoms in total. The molecule has 0 saturated heterocycles. The van der Waals surface area contributed by atoms with E-state index in [0.29, 0.717) is 0 Å². The van der Waals surface area contributed by atoms with E-state index in [1.54, 1.807) is 0 Å². The zero-order chi connectivity index (χ0) is 17.7. The Kier molecular flexibility index (Phi) is 8.88. The number of hydrogen-bond acceptors (Lipinski definition) is 3. The zero-order valence-electron chi connectivity index (χ0n) is 10.8. The minimum Gasteiger partial charge on any atom is -0.387 e. The molecule has 0 aliphatic heterocycles. The van der Waals surface area contributed by atoms with Crippen molar-refractivity contribution in [1.29, 1.82) is 0 Å². The SMILES string of the molecule is C=CC(O)[C@@H](NC(=O)C(Cl)(Cl)Cl)[C@@H](C=C)NC(=O)C(Cl)(Cl)Cl. The van der Waals surface area contributed by atoms with Crippen LogP contribution in [0, 0.1) is 0 Å². The summed E-state index contributed by atoms with van der Waals surface area (Å²) in [6.07, 6.45) is 0.987. The van der Waals surface area contributed by atoms with Crippen molar-refractivity contribution in [2.75, 3.05) is 0 Å². The predicted octanol–water partition coefficient (Wildman–Crippen LogP) is 2.43. The molecule has 0 fully saturated rings. The van der Waals surface area contributed by atoms with E-state index in [0.717, 1.165) is 6.08 Å². The van der Waals surface area contributed by atoms with Crippen molar-refractivity contribution in [3.63, 3.8) is 0 Å². The number of hydrogen-bond donors (Lipinski definition) is 3. The van der Waals surface area contributed by atoms with Crippen LogP contribution in [-0.2, 0) is 9.59 Å². The van der Waals surface area contributed by atoms with E-state index in [9.17, 15) is 14.7 Å². The van der Waals surface area contributed by atoms with Crippen molar-refractivity contribution in [3.05, 3.63) is 25.3 Å². The van der Waals surface area contributed by atoms with Crippen LogP contribution < -0.4 is 10.6 Å². The lowest BCUT2D eigenvalue weighted by molar-refractivity contribution is -0.124. The molecule has 0 aromatic carbocycles. The fourth-order valence-corrected chi connectivity index (χ4v) is 1.62. The van der Waals surface area contributed by atoms with Crippen molar-refractivity contribution in [3.8, 4) is 0 Å². The van der Waals surface area contributed by atoms with E-state index in [1.165, 1.54) is 6.08 Å². The molecule has 3 N–H and O–H groups in total. The summed E-state index contributed by atoms with van der Waals surface area (Å²) in [6, 6.07) is -2.19. The molecule has 0 heterocycles. The molecule has 0 radical (unpaired) electrons. The van der Waals surface area contributed by atoms with E-state index >= 15 is 0 Å². The van der Waals surface area contributed by atoms with Gasteiger partial charge in [-0.3, -0.25) is 9.59 Å². The molecular formula is C11H12Cl6N2O3. The molecule has 0 aromatic heterocycles. The van der Waals surface area contributed by atoms with Crippen LogP contribution in [0.4, 0.5) is 0 Å². The first-order valence-electron chi connectivity index (χ1n) is 5.53. The summed E-state index contributed by atoms with van der Waals surface area (Å²) in [5.41, 5.74) is 0. The average molecular weight is 433 g/mol. The van der Waals surface area contributed by atoms with Gasteiger partial charge >= 0.3 is 0 Å². The lowest BCUT2D eigenvalue weighted by atomic mass is 10.0. The molecule has 0 saturated carbocycles. The highest BCUT2D eigenvalue weighted by molar-refractivity contribution is 6.76. The van der Waals surface area contributed by atoms with E-state index in [-0.39, 0.29) is 0 Å². The smallest absolute Gasteiger partial charge is 0.272 e. The van der Waals surface area contributed by atoms with Crippen LogP contribution in [0.3, 0.4) is 0 Å². The molecule has 2 amide bonds. The lowest BCUT2D eigenvalue weighted by Gasteiger charge is -2.30. The van der Waals surface area contributed by atoms with Crippen molar-refractivity contribution >= 4 is 81.4 Å². The number of rotatable bonds is 6. The van der Waals surface area contributed by atoms with Gasteiger partial charge in [0.2, 0.25) is 0 Å². The van der Waals surface area contributed by atoms with Gasteiger partial charge in [-0.2, -0.15) is 0 Å². The third-order valence-corrected chi connectivity index (χ3v) is 3.39. The van der Waals surface area contributed by atoms with Crippen LogP contribution in [0.15, 0.2) is 25.3 Å². The summed E-state index contributed by atoms with van der Waals surface area (Å²) >= 11 is 32.6. The summed E-state index contributed by atoms with van der Waals surface area (Å²) in [5.74, 6) is -2.02. The van der Waals surface area contributed by atoms with Crippen LogP contribution in [0.1, 0.15) is 0 Å². The Bertz CT molecular complexity index is 446. The quantitative estimate of drug-likeness (QED) is 0.445. The Morgan fingerprint density at radius 1 is 0.909 bits per heavy atom. The Morgan fingerprint density at radius 2 is 1.32 bits per heavy atom. The molecule has 3 atom stereocenters. The molecule has 0 bridgehead atoms. The number of aliphatic hydroxyl groups is 1. The maximum Gasteiger partial charge on any atom is 0.272 e. The molecule has 0 aliphatic rings. The Morgan fingerprint density at radius 3 is 1.64 bits per heavy atom. The number of halogens is 6. The van der Waals surface area contributed by atoms with Gasteiger partial charge in [0.25, 0.3) is 19.4 Å². The summed E-state index contributed by atoms with van der Waals surface area (Å²) in [7, 11) is 0. The third kappa shape index (κ3) is 7.13. The number of carbonyl (C=O) groups is 2. The molecule has 0 aromatic rings. The monoisotopic (exact) mass is 430 g/mol. The van der Waals surface area contributed by atoms with Gasteiger partial charge in [-0.25, -0.2) is 0 Å². The van der Waals surface area contributed by atoms with Crippen molar-refractivity contribution < 1.29 is 14.7 Å². The second-order valence-corrected chi connectivity index (χ2v) is 8.52. The number of carbonyl (C=O) groups excluding carboxylic acids is 2. The third-order valence-electron chi connectivity index (χ3n) is 2.36. The van der Waals surface area contributed by atoms with Gasteiger partial charge in [-0.05, 0) is 0 Å². The topological polar surface area (TPSA) is 78.4 Å². The van der Waals surface area contributed by atoms with Crippen molar-refractivity contribution in [2.24, 2.45) is 0 Å². The van der Waals surface area contributed by atoms with Gasteiger partial charge in [-0.1, -0.05) is 81.8 Å². The number of amides is 2. The van der Waals surface area contributed by atoms with E-state index in [2.05, 4.69) is 23.8 Å². The van der Waals surface area contributed by atoms with Crippen molar-refractivity contribution in [1.82, 2.24) is 10.6 Å². The molecule has 22 heavy (non-hydrogen) atoms. The van der Waals surface area contributed by atoms with Crippen LogP contribution in [-0.4, -0.2) is 42.7 Å². The summed E-state index contributed by atoms with van der Waals surface area (Å²) in [6.45, 7) is 6.83. The fraction of sp³-hybridized carbons (Fsp3) is 0.455. The van der Waals surface area contributed by atoms with Gasteiger partial charge < -0.3 is 15.7 Å². The van der Waals surface area contributed by atoms with E-state index < -0.39 is 37.6 Å². The average Bonchev–Trinajstić information content (AvgIpc) is 2.38. The minimum atomic E-state index is -2.27. The molecule has 0 spiro atoms. The van der Waals surface area contributed by atoms with Crippen LogP contribution in [0.2, 0.25) is 0 Å². The standard InChI is InChI=1S/C11H12Cl6N2O3/c1-3-5(18-8(21)10(12,13)14)7(6(20)4-2)19-9(22)11(15,16)17/h3-7,20H,1-2H2,(H,18,21)(H,19,22)/t5-,6?,7+/m1/s1. The second-order valence-electron chi connectivity index (χ2n) is 3.96. The summed E-state index contributed by atoms with van der Waals surface area (Å²) in [4.78, 5) is 23.4. The first-order valence-corrected chi connectivity index (χ1v) is 7.80. The first kappa shape index (κ1) is 22.1. The highest BCUT2D eigenvalue weighted by Gasteiger charge is 2.38. The highest BCUT2D eigenvalue weighted by Crippen LogP contribution is 2.27. The van der Waals surface area contributed by atoms with Gasteiger partial charge in [0.05, 0.1) is 18.2 Å². The molecule has 126 valence electrons. The number of alkyl halides is 6. The molecule has 0 aliphatic carbocycles. The van der Waals surface area contributed by atoms with E-state index in [4.69, 9.17) is 69.6 Å². The van der Waals surface area contributed by atoms with Gasteiger partial charge in [0.1, 0.15) is 0 Å². The van der Waals surface area contributed by atoms with E-state index in [1.807, 2.05) is 0 Å². The molecular weight excluding hydrogens is 421 g/mol. The maximum absolute atomic E-state index is 11.7. The van der Waals surface area contributed by atoms with Crippen LogP contribution in [0.25, 0.3) is 0 Å². The lowest BCUT2D eigenvalue weighted by Crippen LogP contribution is -2.58. The minimum absolute atomic E-state index is 0.994.